The van der Waals surface area contributed by atoms with E-state index < -0.39 is 18.3 Å². The summed E-state index contributed by atoms with van der Waals surface area (Å²) in [5.74, 6) is -4.42. The predicted molar refractivity (Wildman–Crippen MR) is 140 cm³/mol. The van der Waals surface area contributed by atoms with Gasteiger partial charge in [-0.25, -0.2) is 4.79 Å². The lowest BCUT2D eigenvalue weighted by atomic mass is 9.78. The van der Waals surface area contributed by atoms with Crippen molar-refractivity contribution in [1.82, 2.24) is 0 Å². The highest BCUT2D eigenvalue weighted by atomic mass is 19.3. The lowest BCUT2D eigenvalue weighted by molar-refractivity contribution is -0.167. The molecule has 0 aromatic heterocycles. The molecule has 0 radical (unpaired) electrons. The van der Waals surface area contributed by atoms with Crippen LogP contribution in [0, 0.1) is 17.8 Å². The van der Waals surface area contributed by atoms with Crippen LogP contribution in [0.25, 0.3) is 0 Å². The molecule has 5 heteroatoms. The third kappa shape index (κ3) is 16.1. The molecule has 0 amide bonds. The molecule has 0 heterocycles. The Morgan fingerprint density at radius 3 is 1.76 bits per heavy atom. The van der Waals surface area contributed by atoms with Gasteiger partial charge in [0, 0.05) is 13.0 Å². The summed E-state index contributed by atoms with van der Waals surface area (Å²) in [4.78, 5) is 10.7. The van der Waals surface area contributed by atoms with Crippen LogP contribution in [0.2, 0.25) is 0 Å². The van der Waals surface area contributed by atoms with Crippen LogP contribution in [0.15, 0.2) is 0 Å². The van der Waals surface area contributed by atoms with Gasteiger partial charge < -0.3 is 9.84 Å². The first-order valence-electron chi connectivity index (χ1n) is 14.4. The van der Waals surface area contributed by atoms with Crippen LogP contribution in [0.4, 0.5) is 8.78 Å². The number of alkyl halides is 2. The Morgan fingerprint density at radius 2 is 1.26 bits per heavy atom. The van der Waals surface area contributed by atoms with E-state index in [0.717, 1.165) is 44.6 Å². The summed E-state index contributed by atoms with van der Waals surface area (Å²) < 4.78 is 33.0. The minimum Gasteiger partial charge on any atom is -0.477 e. The maximum absolute atomic E-state index is 13.5. The highest BCUT2D eigenvalue weighted by molar-refractivity contribution is 5.75. The minimum absolute atomic E-state index is 0.269. The van der Waals surface area contributed by atoms with E-state index in [1.807, 2.05) is 0 Å². The highest BCUT2D eigenvalue weighted by Gasteiger charge is 2.39. The van der Waals surface area contributed by atoms with E-state index in [-0.39, 0.29) is 5.92 Å². The molecule has 0 bridgehead atoms. The van der Waals surface area contributed by atoms with Crippen molar-refractivity contribution in [2.24, 2.45) is 17.8 Å². The summed E-state index contributed by atoms with van der Waals surface area (Å²) >= 11 is 0. The maximum Gasteiger partial charge on any atom is 0.374 e. The summed E-state index contributed by atoms with van der Waals surface area (Å²) in [6.45, 7) is 11.6. The molecule has 34 heavy (non-hydrogen) atoms. The fourth-order valence-electron chi connectivity index (χ4n) is 5.10. The van der Waals surface area contributed by atoms with Crippen molar-refractivity contribution in [2.75, 3.05) is 6.61 Å². The Hall–Kier alpha value is -0.710. The van der Waals surface area contributed by atoms with Crippen LogP contribution in [-0.2, 0) is 9.53 Å². The Balaban J connectivity index is 4.73. The van der Waals surface area contributed by atoms with E-state index >= 15 is 0 Å². The lowest BCUT2D eigenvalue weighted by Gasteiger charge is -2.28. The van der Waals surface area contributed by atoms with Crippen LogP contribution in [0.1, 0.15) is 144 Å². The zero-order valence-corrected chi connectivity index (χ0v) is 23.1. The second kappa shape index (κ2) is 20.5. The average Bonchev–Trinajstić information content (AvgIpc) is 2.79. The van der Waals surface area contributed by atoms with Crippen molar-refractivity contribution < 1.29 is 23.4 Å². The van der Waals surface area contributed by atoms with E-state index in [1.165, 1.54) is 64.2 Å². The van der Waals surface area contributed by atoms with Crippen LogP contribution in [0.5, 0.6) is 0 Å². The number of hydrogen-bond acceptors (Lipinski definition) is 2. The number of aliphatic carboxylic acids is 1. The Morgan fingerprint density at radius 1 is 0.765 bits per heavy atom. The topological polar surface area (TPSA) is 46.5 Å². The van der Waals surface area contributed by atoms with Gasteiger partial charge in [-0.2, -0.15) is 8.78 Å². The molecule has 3 nitrogen and oxygen atoms in total. The number of halogens is 2. The van der Waals surface area contributed by atoms with Crippen molar-refractivity contribution in [2.45, 2.75) is 156 Å². The summed E-state index contributed by atoms with van der Waals surface area (Å²) in [6.07, 6.45) is 18.2. The van der Waals surface area contributed by atoms with Crippen LogP contribution >= 0.6 is 0 Å². The molecular formula is C29H56F2O3. The van der Waals surface area contributed by atoms with Crippen LogP contribution < -0.4 is 0 Å². The van der Waals surface area contributed by atoms with Crippen molar-refractivity contribution in [1.29, 1.82) is 0 Å². The second-order valence-electron chi connectivity index (χ2n) is 10.6. The van der Waals surface area contributed by atoms with Crippen LogP contribution in [-0.4, -0.2) is 29.7 Å². The fraction of sp³-hybridized carbons (Fsp3) is 0.966. The van der Waals surface area contributed by atoms with Gasteiger partial charge >= 0.3 is 11.9 Å². The van der Waals surface area contributed by atoms with Gasteiger partial charge in [-0.05, 0) is 37.0 Å². The molecule has 1 N–H and O–H groups in total. The Kier molecular flexibility index (Phi) is 20.1. The largest absolute Gasteiger partial charge is 0.477 e. The van der Waals surface area contributed by atoms with E-state index in [4.69, 9.17) is 9.84 Å². The zero-order valence-electron chi connectivity index (χ0n) is 23.1. The molecule has 204 valence electrons. The average molecular weight is 491 g/mol. The van der Waals surface area contributed by atoms with E-state index in [2.05, 4.69) is 27.7 Å². The van der Waals surface area contributed by atoms with Gasteiger partial charge in [-0.1, -0.05) is 118 Å². The fourth-order valence-corrected chi connectivity index (χ4v) is 5.10. The van der Waals surface area contributed by atoms with E-state index in [1.54, 1.807) is 6.92 Å². The second-order valence-corrected chi connectivity index (χ2v) is 10.6. The molecule has 0 fully saturated rings. The molecule has 0 aromatic rings. The number of carbonyl (C=O) groups is 1. The van der Waals surface area contributed by atoms with Crippen LogP contribution in [0.3, 0.4) is 0 Å². The lowest BCUT2D eigenvalue weighted by Crippen LogP contribution is -2.30. The standard InChI is InChI=1S/C29H56F2O3/c1-6-10-17-25(19-14-13-16-24(5)23-29(30,31)28(32)33)26(18-11-7-2)20-15-21-27(9-4)34-22-12-8-3/h24-27H,6-23H2,1-5H3,(H,32,33). The van der Waals surface area contributed by atoms with Gasteiger partial charge in [0.15, 0.2) is 0 Å². The van der Waals surface area contributed by atoms with Gasteiger partial charge in [0.25, 0.3) is 0 Å². The number of carboxylic acids is 1. The molecule has 4 atom stereocenters. The normalized spacial score (nSPS) is 15.7. The summed E-state index contributed by atoms with van der Waals surface area (Å²) in [7, 11) is 0. The third-order valence-corrected chi connectivity index (χ3v) is 7.37. The monoisotopic (exact) mass is 490 g/mol. The van der Waals surface area contributed by atoms with Gasteiger partial charge in [0.1, 0.15) is 0 Å². The first kappa shape index (κ1) is 33.3. The first-order chi connectivity index (χ1) is 16.2. The van der Waals surface area contributed by atoms with Crippen molar-refractivity contribution >= 4 is 5.97 Å². The highest BCUT2D eigenvalue weighted by Crippen LogP contribution is 2.34. The molecule has 4 unspecified atom stereocenters. The van der Waals surface area contributed by atoms with Crippen molar-refractivity contribution in [3.63, 3.8) is 0 Å². The maximum atomic E-state index is 13.5. The number of unbranched alkanes of at least 4 members (excludes halogenated alkanes) is 4. The molecule has 0 saturated carbocycles. The number of ether oxygens (including phenoxy) is 1. The van der Waals surface area contributed by atoms with Gasteiger partial charge in [-0.3, -0.25) is 0 Å². The number of rotatable bonds is 24. The summed E-state index contributed by atoms with van der Waals surface area (Å²) in [5, 5.41) is 8.67. The quantitative estimate of drug-likeness (QED) is 0.137. The predicted octanol–water partition coefficient (Wildman–Crippen LogP) is 9.67. The van der Waals surface area contributed by atoms with E-state index in [0.29, 0.717) is 18.4 Å². The molecular weight excluding hydrogens is 434 g/mol. The summed E-state index contributed by atoms with van der Waals surface area (Å²) in [6, 6.07) is 0. The number of carboxylic acid groups (broad SMARTS) is 1. The van der Waals surface area contributed by atoms with Crippen molar-refractivity contribution in [3.8, 4) is 0 Å². The van der Waals surface area contributed by atoms with E-state index in [9.17, 15) is 13.6 Å². The molecule has 0 aliphatic rings. The van der Waals surface area contributed by atoms with Gasteiger partial charge in [-0.15, -0.1) is 0 Å². The Labute approximate surface area is 209 Å². The molecule has 0 aliphatic carbocycles. The smallest absolute Gasteiger partial charge is 0.374 e. The molecule has 0 aliphatic heterocycles. The molecule has 0 saturated heterocycles. The zero-order chi connectivity index (χ0) is 25.8. The van der Waals surface area contributed by atoms with Crippen molar-refractivity contribution in [3.05, 3.63) is 0 Å². The molecule has 0 rings (SSSR count). The molecule has 0 aromatic carbocycles. The van der Waals surface area contributed by atoms with Gasteiger partial charge in [0.05, 0.1) is 6.10 Å². The number of hydrogen-bond donors (Lipinski definition) is 1. The SMILES string of the molecule is CCCCOC(CC)CCCC(CCCC)C(CCCC)CCCCC(C)CC(F)(F)C(=O)O. The Bertz CT molecular complexity index is 484. The third-order valence-electron chi connectivity index (χ3n) is 7.37. The first-order valence-corrected chi connectivity index (χ1v) is 14.4. The molecule has 0 spiro atoms. The van der Waals surface area contributed by atoms with Gasteiger partial charge in [0.2, 0.25) is 0 Å². The summed E-state index contributed by atoms with van der Waals surface area (Å²) in [5.41, 5.74) is 0. The minimum atomic E-state index is -3.61.